The van der Waals surface area contributed by atoms with Gasteiger partial charge in [-0.2, -0.15) is 15.0 Å². The van der Waals surface area contributed by atoms with Crippen LogP contribution in [-0.2, 0) is 28.4 Å². The van der Waals surface area contributed by atoms with Crippen LogP contribution >= 0.6 is 0 Å². The molecule has 1 aromatic heterocycles. The van der Waals surface area contributed by atoms with E-state index in [1.54, 1.807) is 0 Å². The number of unbranched alkanes of at least 4 members (excludes halogenated alkanes) is 12. The van der Waals surface area contributed by atoms with E-state index in [2.05, 4.69) is 41.5 Å². The second-order valence-corrected chi connectivity index (χ2v) is 13.3. The zero-order valence-electron chi connectivity index (χ0n) is 33.8. The van der Waals surface area contributed by atoms with Crippen LogP contribution in [0, 0.1) is 0 Å². The summed E-state index contributed by atoms with van der Waals surface area (Å²) < 4.78 is 37.0. The number of ether oxygens (including phenoxy) is 6. The molecule has 0 atom stereocenters. The Hall–Kier alpha value is -1.83. The lowest BCUT2D eigenvalue weighted by atomic mass is 10.3. The Morgan fingerprint density at radius 3 is 0.627 bits per heavy atom. The van der Waals surface area contributed by atoms with E-state index in [1.807, 2.05) is 14.7 Å². The first kappa shape index (κ1) is 47.2. The van der Waals surface area contributed by atoms with Gasteiger partial charge in [-0.1, -0.05) is 119 Å². The van der Waals surface area contributed by atoms with Crippen LogP contribution in [0.15, 0.2) is 0 Å². The number of hydrogen-bond donors (Lipinski definition) is 0. The Bertz CT molecular complexity index is 725. The molecule has 12 heteroatoms. The first-order valence-corrected chi connectivity index (χ1v) is 20.6. The van der Waals surface area contributed by atoms with Crippen molar-refractivity contribution in [2.45, 2.75) is 157 Å². The van der Waals surface area contributed by atoms with Crippen LogP contribution in [0.3, 0.4) is 0 Å². The van der Waals surface area contributed by atoms with E-state index in [1.165, 1.54) is 0 Å². The summed E-state index contributed by atoms with van der Waals surface area (Å²) in [7, 11) is 0. The quantitative estimate of drug-likeness (QED) is 0.0477. The Kier molecular flexibility index (Phi) is 32.6. The average molecular weight is 727 g/mol. The molecule has 300 valence electrons. The summed E-state index contributed by atoms with van der Waals surface area (Å²) in [4.78, 5) is 20.9. The molecule has 12 nitrogen and oxygen atoms in total. The zero-order chi connectivity index (χ0) is 37.0. The molecule has 0 aliphatic rings. The van der Waals surface area contributed by atoms with Crippen molar-refractivity contribution in [3.63, 3.8) is 0 Å². The molecule has 0 amide bonds. The van der Waals surface area contributed by atoms with Crippen molar-refractivity contribution in [3.8, 4) is 0 Å². The molecule has 0 radical (unpaired) electrons. The number of hydrogen-bond acceptors (Lipinski definition) is 12. The fourth-order valence-corrected chi connectivity index (χ4v) is 5.00. The van der Waals surface area contributed by atoms with Crippen molar-refractivity contribution in [1.82, 2.24) is 15.0 Å². The van der Waals surface area contributed by atoms with Gasteiger partial charge in [0.1, 0.15) is 40.4 Å². The maximum Gasteiger partial charge on any atom is 0.235 e. The number of rotatable bonds is 39. The fraction of sp³-hybridized carbons (Fsp3) is 0.923. The van der Waals surface area contributed by atoms with Crippen LogP contribution in [0.1, 0.15) is 157 Å². The highest BCUT2D eigenvalue weighted by Gasteiger charge is 2.22. The molecular formula is C39H78N6O6. The summed E-state index contributed by atoms with van der Waals surface area (Å²) in [6.07, 6.45) is 19.7. The first-order valence-electron chi connectivity index (χ1n) is 20.6. The minimum atomic E-state index is 0.308. The predicted molar refractivity (Wildman–Crippen MR) is 209 cm³/mol. The highest BCUT2D eigenvalue weighted by Crippen LogP contribution is 2.21. The van der Waals surface area contributed by atoms with Gasteiger partial charge in [0.05, 0.1) is 0 Å². The van der Waals surface area contributed by atoms with Crippen LogP contribution in [0.25, 0.3) is 0 Å². The van der Waals surface area contributed by atoms with Gasteiger partial charge in [0.2, 0.25) is 17.8 Å². The van der Waals surface area contributed by atoms with Crippen molar-refractivity contribution >= 4 is 17.8 Å². The third kappa shape index (κ3) is 24.9. The SMILES string of the molecule is CCCCCOCN(COCCCCC)c1nc(N(COCCCCC)COCCCCC)nc(N(COCCCCC)COCCCCC)n1. The predicted octanol–water partition coefficient (Wildman–Crippen LogP) is 9.28. The number of anilines is 3. The summed E-state index contributed by atoms with van der Waals surface area (Å²) >= 11 is 0. The molecule has 0 saturated carbocycles. The van der Waals surface area contributed by atoms with Gasteiger partial charge in [0, 0.05) is 39.6 Å². The summed E-state index contributed by atoms with van der Waals surface area (Å²) in [5.41, 5.74) is 0. The lowest BCUT2D eigenvalue weighted by molar-refractivity contribution is 0.0771. The Morgan fingerprint density at radius 1 is 0.294 bits per heavy atom. The lowest BCUT2D eigenvalue weighted by Crippen LogP contribution is -2.37. The molecule has 0 N–H and O–H groups in total. The maximum absolute atomic E-state index is 6.16. The van der Waals surface area contributed by atoms with Crippen LogP contribution in [0.4, 0.5) is 17.8 Å². The fourth-order valence-electron chi connectivity index (χ4n) is 5.00. The van der Waals surface area contributed by atoms with Gasteiger partial charge in [0.25, 0.3) is 0 Å². The maximum atomic E-state index is 6.16. The Labute approximate surface area is 312 Å². The van der Waals surface area contributed by atoms with E-state index in [4.69, 9.17) is 43.4 Å². The van der Waals surface area contributed by atoms with Gasteiger partial charge >= 0.3 is 0 Å². The minimum Gasteiger partial charge on any atom is -0.361 e. The van der Waals surface area contributed by atoms with Gasteiger partial charge in [-0.05, 0) is 38.5 Å². The summed E-state index contributed by atoms with van der Waals surface area (Å²) in [6.45, 7) is 19.0. The topological polar surface area (TPSA) is 104 Å². The third-order valence-corrected chi connectivity index (χ3v) is 8.28. The molecule has 0 bridgehead atoms. The van der Waals surface area contributed by atoms with Crippen molar-refractivity contribution in [3.05, 3.63) is 0 Å². The zero-order valence-corrected chi connectivity index (χ0v) is 33.8. The molecule has 0 aliphatic heterocycles. The van der Waals surface area contributed by atoms with E-state index in [-0.39, 0.29) is 0 Å². The lowest BCUT2D eigenvalue weighted by Gasteiger charge is -2.29. The van der Waals surface area contributed by atoms with E-state index in [0.717, 1.165) is 116 Å². The number of nitrogens with zero attached hydrogens (tertiary/aromatic N) is 6. The highest BCUT2D eigenvalue weighted by atomic mass is 16.5. The molecular weight excluding hydrogens is 648 g/mol. The Morgan fingerprint density at radius 2 is 0.471 bits per heavy atom. The highest BCUT2D eigenvalue weighted by molar-refractivity contribution is 5.45. The summed E-state index contributed by atoms with van der Waals surface area (Å²) in [6, 6.07) is 0. The standard InChI is InChI=1S/C39H78N6O6/c1-7-13-19-25-46-31-43(32-47-26-20-14-8-2)37-40-38(44(33-48-27-21-15-9-3)34-49-28-22-16-10-4)42-39(41-37)45(35-50-29-23-17-11-5)36-51-30-24-18-12-6/h7-36H2,1-6H3. The van der Waals surface area contributed by atoms with Gasteiger partial charge < -0.3 is 28.4 Å². The van der Waals surface area contributed by atoms with Crippen LogP contribution in [-0.4, -0.2) is 95.0 Å². The summed E-state index contributed by atoms with van der Waals surface area (Å²) in [5.74, 6) is 1.43. The summed E-state index contributed by atoms with van der Waals surface area (Å²) in [5, 5.41) is 0. The molecule has 0 unspecified atom stereocenters. The monoisotopic (exact) mass is 727 g/mol. The number of aromatic nitrogens is 3. The second kappa shape index (κ2) is 35.2. The van der Waals surface area contributed by atoms with Crippen LogP contribution in [0.5, 0.6) is 0 Å². The first-order chi connectivity index (χ1) is 25.1. The minimum absolute atomic E-state index is 0.308. The second-order valence-electron chi connectivity index (χ2n) is 13.3. The molecule has 0 saturated heterocycles. The van der Waals surface area contributed by atoms with Gasteiger partial charge in [-0.15, -0.1) is 0 Å². The van der Waals surface area contributed by atoms with Crippen molar-refractivity contribution in [1.29, 1.82) is 0 Å². The van der Waals surface area contributed by atoms with Gasteiger partial charge in [0.15, 0.2) is 0 Å². The van der Waals surface area contributed by atoms with E-state index in [0.29, 0.717) is 97.9 Å². The van der Waals surface area contributed by atoms with Gasteiger partial charge in [-0.3, -0.25) is 14.7 Å². The third-order valence-electron chi connectivity index (χ3n) is 8.28. The molecule has 1 rings (SSSR count). The molecule has 0 fully saturated rings. The van der Waals surface area contributed by atoms with Gasteiger partial charge in [-0.25, -0.2) is 0 Å². The molecule has 1 aromatic rings. The van der Waals surface area contributed by atoms with E-state index < -0.39 is 0 Å². The average Bonchev–Trinajstić information content (AvgIpc) is 3.14. The van der Waals surface area contributed by atoms with E-state index >= 15 is 0 Å². The largest absolute Gasteiger partial charge is 0.361 e. The van der Waals surface area contributed by atoms with E-state index in [9.17, 15) is 0 Å². The van der Waals surface area contributed by atoms with Crippen molar-refractivity contribution in [2.75, 3.05) is 94.7 Å². The molecule has 0 aliphatic carbocycles. The molecule has 1 heterocycles. The van der Waals surface area contributed by atoms with Crippen LogP contribution in [0.2, 0.25) is 0 Å². The molecule has 0 aromatic carbocycles. The Balaban J connectivity index is 3.51. The smallest absolute Gasteiger partial charge is 0.235 e. The van der Waals surface area contributed by atoms with Crippen molar-refractivity contribution in [2.24, 2.45) is 0 Å². The van der Waals surface area contributed by atoms with Crippen molar-refractivity contribution < 1.29 is 28.4 Å². The molecule has 0 spiro atoms. The normalized spacial score (nSPS) is 11.4. The van der Waals surface area contributed by atoms with Crippen LogP contribution < -0.4 is 14.7 Å². The molecule has 51 heavy (non-hydrogen) atoms.